The second kappa shape index (κ2) is 7.40. The van der Waals surface area contributed by atoms with E-state index in [0.29, 0.717) is 28.9 Å². The number of ether oxygens (including phenoxy) is 3. The molecule has 0 unspecified atom stereocenters. The highest BCUT2D eigenvalue weighted by atomic mass is 32.1. The third-order valence-electron chi connectivity index (χ3n) is 5.44. The van der Waals surface area contributed by atoms with E-state index in [9.17, 15) is 4.79 Å². The van der Waals surface area contributed by atoms with Gasteiger partial charge in [-0.25, -0.2) is 0 Å². The molecule has 6 nitrogen and oxygen atoms in total. The molecule has 27 heavy (non-hydrogen) atoms. The van der Waals surface area contributed by atoms with E-state index < -0.39 is 0 Å². The lowest BCUT2D eigenvalue weighted by Gasteiger charge is -2.46. The maximum atomic E-state index is 13.0. The maximum Gasteiger partial charge on any atom is 0.257 e. The molecule has 4 rings (SSSR count). The molecule has 7 heteroatoms. The Balaban J connectivity index is 1.45. The van der Waals surface area contributed by atoms with Crippen molar-refractivity contribution < 1.29 is 19.0 Å². The van der Waals surface area contributed by atoms with Crippen LogP contribution in [0, 0.1) is 0 Å². The zero-order chi connectivity index (χ0) is 19.0. The molecule has 1 saturated heterocycles. The van der Waals surface area contributed by atoms with Gasteiger partial charge in [-0.05, 0) is 35.6 Å². The summed E-state index contributed by atoms with van der Waals surface area (Å²) in [4.78, 5) is 18.9. The molecule has 1 fully saturated rings. The van der Waals surface area contributed by atoms with Gasteiger partial charge in [-0.15, -0.1) is 11.3 Å². The topological polar surface area (TPSA) is 51.2 Å². The average Bonchev–Trinajstić information content (AvgIpc) is 3.13. The zero-order valence-electron chi connectivity index (χ0n) is 15.9. The van der Waals surface area contributed by atoms with Crippen molar-refractivity contribution in [3.63, 3.8) is 0 Å². The fraction of sp³-hybridized carbons (Fsp3) is 0.450. The number of hydrogen-bond donors (Lipinski definition) is 0. The molecule has 1 aromatic heterocycles. The van der Waals surface area contributed by atoms with Gasteiger partial charge in [0.15, 0.2) is 11.5 Å². The minimum atomic E-state index is -0.0303. The van der Waals surface area contributed by atoms with Crippen LogP contribution in [0.15, 0.2) is 23.6 Å². The smallest absolute Gasteiger partial charge is 0.257 e. The van der Waals surface area contributed by atoms with E-state index in [4.69, 9.17) is 14.2 Å². The molecule has 3 heterocycles. The molecule has 0 spiro atoms. The second-order valence-electron chi connectivity index (χ2n) is 6.84. The summed E-state index contributed by atoms with van der Waals surface area (Å²) in [6, 6.07) is 6.14. The van der Waals surface area contributed by atoms with Crippen molar-refractivity contribution in [3.8, 4) is 17.2 Å². The van der Waals surface area contributed by atoms with Crippen LogP contribution in [-0.2, 0) is 13.0 Å². The van der Waals surface area contributed by atoms with Crippen LogP contribution in [0.3, 0.4) is 0 Å². The first-order valence-corrected chi connectivity index (χ1v) is 9.91. The monoisotopic (exact) mass is 388 g/mol. The van der Waals surface area contributed by atoms with Crippen molar-refractivity contribution in [2.75, 3.05) is 41.0 Å². The first-order valence-electron chi connectivity index (χ1n) is 9.03. The average molecular weight is 388 g/mol. The standard InChI is InChI=1S/C20H24N2O4S/c1-24-16-5-4-15(18(25-2)19(16)26-3)20(23)22-11-14(12-22)21-8-6-17-13(10-21)7-9-27-17/h4-5,7,9,14H,6,8,10-12H2,1-3H3. The molecule has 0 aliphatic carbocycles. The number of likely N-dealkylation sites (tertiary alicyclic amines) is 1. The molecule has 1 amide bonds. The number of fused-ring (bicyclic) bond motifs is 1. The quantitative estimate of drug-likeness (QED) is 0.788. The van der Waals surface area contributed by atoms with E-state index >= 15 is 0 Å². The Hall–Kier alpha value is -2.25. The fourth-order valence-corrected chi connectivity index (χ4v) is 4.76. The Bertz CT molecular complexity index is 845. The van der Waals surface area contributed by atoms with E-state index in [1.54, 1.807) is 33.5 Å². The van der Waals surface area contributed by atoms with E-state index in [1.165, 1.54) is 10.4 Å². The number of amides is 1. The van der Waals surface area contributed by atoms with E-state index in [1.807, 2.05) is 16.2 Å². The summed E-state index contributed by atoms with van der Waals surface area (Å²) >= 11 is 1.85. The summed E-state index contributed by atoms with van der Waals surface area (Å²) in [5.41, 5.74) is 1.95. The number of hydrogen-bond acceptors (Lipinski definition) is 6. The van der Waals surface area contributed by atoms with E-state index in [0.717, 1.165) is 32.6 Å². The first kappa shape index (κ1) is 18.1. The highest BCUT2D eigenvalue weighted by Crippen LogP contribution is 2.40. The van der Waals surface area contributed by atoms with Gasteiger partial charge in [-0.3, -0.25) is 9.69 Å². The summed E-state index contributed by atoms with van der Waals surface area (Å²) in [7, 11) is 4.65. The predicted molar refractivity (Wildman–Crippen MR) is 104 cm³/mol. The van der Waals surface area contributed by atoms with Crippen molar-refractivity contribution in [1.82, 2.24) is 9.80 Å². The first-order chi connectivity index (χ1) is 13.2. The molecule has 0 bridgehead atoms. The molecule has 0 saturated carbocycles. The van der Waals surface area contributed by atoms with Gasteiger partial charge in [0.1, 0.15) is 0 Å². The summed E-state index contributed by atoms with van der Waals surface area (Å²) in [6.07, 6.45) is 1.11. The van der Waals surface area contributed by atoms with Crippen LogP contribution in [0.25, 0.3) is 0 Å². The summed E-state index contributed by atoms with van der Waals surface area (Å²) in [6.45, 7) is 3.55. The van der Waals surface area contributed by atoms with Gasteiger partial charge in [0.2, 0.25) is 5.75 Å². The van der Waals surface area contributed by atoms with Crippen LogP contribution < -0.4 is 14.2 Å². The summed E-state index contributed by atoms with van der Waals surface area (Å²) in [5.74, 6) is 1.39. The lowest BCUT2D eigenvalue weighted by atomic mass is 10.0. The van der Waals surface area contributed by atoms with Gasteiger partial charge in [0.05, 0.1) is 26.9 Å². The van der Waals surface area contributed by atoms with Gasteiger partial charge in [0.25, 0.3) is 5.91 Å². The Labute approximate surface area is 163 Å². The normalized spacial score (nSPS) is 17.2. The van der Waals surface area contributed by atoms with Gasteiger partial charge in [-0.1, -0.05) is 0 Å². The molecule has 2 aliphatic rings. The van der Waals surface area contributed by atoms with Crippen LogP contribution in [0.1, 0.15) is 20.8 Å². The third kappa shape index (κ3) is 3.15. The number of thiophene rings is 1. The Morgan fingerprint density at radius 2 is 1.85 bits per heavy atom. The Morgan fingerprint density at radius 1 is 1.07 bits per heavy atom. The lowest BCUT2D eigenvalue weighted by molar-refractivity contribution is 0.0218. The highest BCUT2D eigenvalue weighted by Gasteiger charge is 2.37. The molecule has 2 aliphatic heterocycles. The van der Waals surface area contributed by atoms with Crippen LogP contribution >= 0.6 is 11.3 Å². The van der Waals surface area contributed by atoms with Crippen molar-refractivity contribution >= 4 is 17.2 Å². The molecular weight excluding hydrogens is 364 g/mol. The molecule has 1 aromatic carbocycles. The third-order valence-corrected chi connectivity index (χ3v) is 6.46. The van der Waals surface area contributed by atoms with Gasteiger partial charge < -0.3 is 19.1 Å². The number of carbonyl (C=O) groups excluding carboxylic acids is 1. The van der Waals surface area contributed by atoms with Crippen molar-refractivity contribution in [3.05, 3.63) is 39.6 Å². The minimum absolute atomic E-state index is 0.0303. The van der Waals surface area contributed by atoms with Gasteiger partial charge in [-0.2, -0.15) is 0 Å². The Morgan fingerprint density at radius 3 is 2.56 bits per heavy atom. The largest absolute Gasteiger partial charge is 0.493 e. The SMILES string of the molecule is COc1ccc(C(=O)N2CC(N3CCc4sccc4C3)C2)c(OC)c1OC. The molecule has 0 N–H and O–H groups in total. The predicted octanol–water partition coefficient (Wildman–Crippen LogP) is 2.66. The van der Waals surface area contributed by atoms with Crippen molar-refractivity contribution in [2.45, 2.75) is 19.0 Å². The number of rotatable bonds is 5. The molecule has 0 atom stereocenters. The van der Waals surface area contributed by atoms with E-state index in [2.05, 4.69) is 16.3 Å². The van der Waals surface area contributed by atoms with Crippen molar-refractivity contribution in [1.29, 1.82) is 0 Å². The molecule has 2 aromatic rings. The maximum absolute atomic E-state index is 13.0. The van der Waals surface area contributed by atoms with E-state index in [-0.39, 0.29) is 5.91 Å². The minimum Gasteiger partial charge on any atom is -0.493 e. The number of carbonyl (C=O) groups is 1. The number of nitrogens with zero attached hydrogens (tertiary/aromatic N) is 2. The summed E-state index contributed by atoms with van der Waals surface area (Å²) in [5, 5.41) is 2.17. The lowest BCUT2D eigenvalue weighted by Crippen LogP contribution is -2.61. The molecular formula is C20H24N2O4S. The highest BCUT2D eigenvalue weighted by molar-refractivity contribution is 7.10. The van der Waals surface area contributed by atoms with Gasteiger partial charge in [0, 0.05) is 37.1 Å². The summed E-state index contributed by atoms with van der Waals surface area (Å²) < 4.78 is 16.2. The van der Waals surface area contributed by atoms with Crippen molar-refractivity contribution in [2.24, 2.45) is 0 Å². The molecule has 144 valence electrons. The van der Waals surface area contributed by atoms with Crippen LogP contribution in [0.5, 0.6) is 17.2 Å². The zero-order valence-corrected chi connectivity index (χ0v) is 16.7. The second-order valence-corrected chi connectivity index (χ2v) is 7.84. The van der Waals surface area contributed by atoms with Crippen LogP contribution in [0.4, 0.5) is 0 Å². The Kier molecular flexibility index (Phi) is 4.97. The number of benzene rings is 1. The number of methoxy groups -OCH3 is 3. The van der Waals surface area contributed by atoms with Gasteiger partial charge >= 0.3 is 0 Å². The van der Waals surface area contributed by atoms with Crippen LogP contribution in [-0.4, -0.2) is 62.7 Å². The fourth-order valence-electron chi connectivity index (χ4n) is 3.87. The molecule has 0 radical (unpaired) electrons. The van der Waals surface area contributed by atoms with Crippen LogP contribution in [0.2, 0.25) is 0 Å².